The van der Waals surface area contributed by atoms with Gasteiger partial charge in [0.25, 0.3) is 5.69 Å². The third-order valence-corrected chi connectivity index (χ3v) is 4.50. The molecule has 7 heteroatoms. The lowest BCUT2D eigenvalue weighted by atomic mass is 10.1. The zero-order chi connectivity index (χ0) is 18.5. The second kappa shape index (κ2) is 7.86. The number of non-ortho nitro benzene ring substituents is 1. The van der Waals surface area contributed by atoms with Crippen LogP contribution in [0.3, 0.4) is 0 Å². The number of carbonyl (C=O) groups excluding carboxylic acids is 1. The maximum atomic E-state index is 12.5. The molecule has 0 aromatic heterocycles. The standard InChI is InChI=1S/C19H22N4O3/c1-21(19(24)20-16-8-6-9-17(13-16)23(25)26)14-15-7-2-3-10-18(15)22-11-4-5-12-22/h2-3,6-10,13H,4-5,11-12,14H2,1H3,(H,20,24). The van der Waals surface area contributed by atoms with Crippen molar-refractivity contribution >= 4 is 23.1 Å². The van der Waals surface area contributed by atoms with Crippen molar-refractivity contribution in [2.45, 2.75) is 19.4 Å². The largest absolute Gasteiger partial charge is 0.371 e. The van der Waals surface area contributed by atoms with E-state index < -0.39 is 4.92 Å². The molecule has 26 heavy (non-hydrogen) atoms. The van der Waals surface area contributed by atoms with Crippen molar-refractivity contribution < 1.29 is 9.72 Å². The molecule has 1 aliphatic rings. The SMILES string of the molecule is CN(Cc1ccccc1N1CCCC1)C(=O)Nc1cccc([N+](=O)[O-])c1. The first kappa shape index (κ1) is 17.7. The van der Waals surface area contributed by atoms with Crippen molar-refractivity contribution in [3.05, 3.63) is 64.2 Å². The highest BCUT2D eigenvalue weighted by Gasteiger charge is 2.18. The molecule has 3 rings (SSSR count). The lowest BCUT2D eigenvalue weighted by Crippen LogP contribution is -2.31. The van der Waals surface area contributed by atoms with Gasteiger partial charge in [-0.05, 0) is 30.5 Å². The Labute approximate surface area is 152 Å². The van der Waals surface area contributed by atoms with Crippen LogP contribution in [0.5, 0.6) is 0 Å². The maximum absolute atomic E-state index is 12.5. The lowest BCUT2D eigenvalue weighted by Gasteiger charge is -2.24. The van der Waals surface area contributed by atoms with Crippen LogP contribution in [-0.2, 0) is 6.54 Å². The van der Waals surface area contributed by atoms with Gasteiger partial charge < -0.3 is 15.1 Å². The number of urea groups is 1. The number of nitro groups is 1. The van der Waals surface area contributed by atoms with Gasteiger partial charge in [0.2, 0.25) is 0 Å². The van der Waals surface area contributed by atoms with Crippen molar-refractivity contribution in [2.75, 3.05) is 30.4 Å². The number of nitrogens with zero attached hydrogens (tertiary/aromatic N) is 3. The average Bonchev–Trinajstić information content (AvgIpc) is 3.16. The summed E-state index contributed by atoms with van der Waals surface area (Å²) < 4.78 is 0. The van der Waals surface area contributed by atoms with Gasteiger partial charge in [-0.25, -0.2) is 4.79 Å². The van der Waals surface area contributed by atoms with Gasteiger partial charge in [0.15, 0.2) is 0 Å². The molecular formula is C19H22N4O3. The summed E-state index contributed by atoms with van der Waals surface area (Å²) in [6.07, 6.45) is 2.38. The third-order valence-electron chi connectivity index (χ3n) is 4.50. The van der Waals surface area contributed by atoms with E-state index in [-0.39, 0.29) is 11.7 Å². The molecule has 2 amide bonds. The Kier molecular flexibility index (Phi) is 5.36. The zero-order valence-electron chi connectivity index (χ0n) is 14.7. The fourth-order valence-corrected chi connectivity index (χ4v) is 3.15. The smallest absolute Gasteiger partial charge is 0.321 e. The number of anilines is 2. The fourth-order valence-electron chi connectivity index (χ4n) is 3.15. The number of para-hydroxylation sites is 1. The summed E-state index contributed by atoms with van der Waals surface area (Å²) in [5.74, 6) is 0. The summed E-state index contributed by atoms with van der Waals surface area (Å²) in [4.78, 5) is 26.8. The van der Waals surface area contributed by atoms with E-state index in [4.69, 9.17) is 0 Å². The molecule has 136 valence electrons. The van der Waals surface area contributed by atoms with E-state index in [0.29, 0.717) is 12.2 Å². The quantitative estimate of drug-likeness (QED) is 0.653. The topological polar surface area (TPSA) is 78.7 Å². The van der Waals surface area contributed by atoms with E-state index in [2.05, 4.69) is 16.3 Å². The molecule has 0 radical (unpaired) electrons. The van der Waals surface area contributed by atoms with Crippen LogP contribution in [0.2, 0.25) is 0 Å². The first-order valence-electron chi connectivity index (χ1n) is 8.64. The minimum absolute atomic E-state index is 0.0511. The number of hydrogen-bond donors (Lipinski definition) is 1. The highest BCUT2D eigenvalue weighted by atomic mass is 16.6. The summed E-state index contributed by atoms with van der Waals surface area (Å²) >= 11 is 0. The van der Waals surface area contributed by atoms with Crippen molar-refractivity contribution in [1.82, 2.24) is 4.90 Å². The predicted octanol–water partition coefficient (Wildman–Crippen LogP) is 3.86. The van der Waals surface area contributed by atoms with Crippen LogP contribution in [0.25, 0.3) is 0 Å². The molecular weight excluding hydrogens is 332 g/mol. The first-order valence-corrected chi connectivity index (χ1v) is 8.64. The molecule has 0 bridgehead atoms. The van der Waals surface area contributed by atoms with Crippen LogP contribution in [0.1, 0.15) is 18.4 Å². The number of nitrogens with one attached hydrogen (secondary N) is 1. The van der Waals surface area contributed by atoms with Crippen LogP contribution in [0.4, 0.5) is 21.9 Å². The van der Waals surface area contributed by atoms with Crippen LogP contribution < -0.4 is 10.2 Å². The Morgan fingerprint density at radius 3 is 2.65 bits per heavy atom. The van der Waals surface area contributed by atoms with Gasteiger partial charge >= 0.3 is 6.03 Å². The Bertz CT molecular complexity index is 803. The van der Waals surface area contributed by atoms with Gasteiger partial charge in [0.05, 0.1) is 4.92 Å². The van der Waals surface area contributed by atoms with Crippen LogP contribution >= 0.6 is 0 Å². The highest BCUT2D eigenvalue weighted by Crippen LogP contribution is 2.25. The molecule has 1 saturated heterocycles. The molecule has 1 heterocycles. The minimum atomic E-state index is -0.480. The van der Waals surface area contributed by atoms with E-state index in [0.717, 1.165) is 18.7 Å². The van der Waals surface area contributed by atoms with E-state index >= 15 is 0 Å². The number of benzene rings is 2. The van der Waals surface area contributed by atoms with E-state index in [1.54, 1.807) is 24.1 Å². The van der Waals surface area contributed by atoms with Gasteiger partial charge in [-0.1, -0.05) is 24.3 Å². The van der Waals surface area contributed by atoms with Crippen molar-refractivity contribution in [3.63, 3.8) is 0 Å². The lowest BCUT2D eigenvalue weighted by molar-refractivity contribution is -0.384. The molecule has 0 spiro atoms. The molecule has 1 fully saturated rings. The predicted molar refractivity (Wildman–Crippen MR) is 101 cm³/mol. The summed E-state index contributed by atoms with van der Waals surface area (Å²) in [5, 5.41) is 13.6. The second-order valence-electron chi connectivity index (χ2n) is 6.42. The first-order chi connectivity index (χ1) is 12.5. The molecule has 0 aliphatic carbocycles. The third kappa shape index (κ3) is 4.11. The molecule has 2 aromatic carbocycles. The van der Waals surface area contributed by atoms with Crippen molar-refractivity contribution in [2.24, 2.45) is 0 Å². The fraction of sp³-hybridized carbons (Fsp3) is 0.316. The number of hydrogen-bond acceptors (Lipinski definition) is 4. The number of rotatable bonds is 5. The Morgan fingerprint density at radius 2 is 1.92 bits per heavy atom. The van der Waals surface area contributed by atoms with Gasteiger partial charge in [-0.3, -0.25) is 10.1 Å². The van der Waals surface area contributed by atoms with Crippen LogP contribution in [-0.4, -0.2) is 36.0 Å². The second-order valence-corrected chi connectivity index (χ2v) is 6.42. The van der Waals surface area contributed by atoms with Crippen LogP contribution in [0, 0.1) is 10.1 Å². The van der Waals surface area contributed by atoms with Gasteiger partial charge in [0, 0.05) is 50.2 Å². The minimum Gasteiger partial charge on any atom is -0.371 e. The molecule has 0 unspecified atom stereocenters. The number of carbonyl (C=O) groups is 1. The molecule has 0 atom stereocenters. The summed E-state index contributed by atoms with van der Waals surface area (Å²) in [6, 6.07) is 13.7. The highest BCUT2D eigenvalue weighted by molar-refractivity contribution is 5.89. The zero-order valence-corrected chi connectivity index (χ0v) is 14.7. The van der Waals surface area contributed by atoms with E-state index in [1.165, 1.54) is 30.7 Å². The van der Waals surface area contributed by atoms with Crippen LogP contribution in [0.15, 0.2) is 48.5 Å². The summed E-state index contributed by atoms with van der Waals surface area (Å²) in [7, 11) is 1.72. The van der Waals surface area contributed by atoms with Gasteiger partial charge in [-0.2, -0.15) is 0 Å². The summed E-state index contributed by atoms with van der Waals surface area (Å²) in [6.45, 7) is 2.55. The van der Waals surface area contributed by atoms with Crippen molar-refractivity contribution in [1.29, 1.82) is 0 Å². The van der Waals surface area contributed by atoms with Crippen molar-refractivity contribution in [3.8, 4) is 0 Å². The molecule has 2 aromatic rings. The number of amides is 2. The number of nitro benzene ring substituents is 1. The van der Waals surface area contributed by atoms with E-state index in [1.807, 2.05) is 18.2 Å². The Hall–Kier alpha value is -3.09. The van der Waals surface area contributed by atoms with Gasteiger partial charge in [0.1, 0.15) is 0 Å². The average molecular weight is 354 g/mol. The molecule has 0 saturated carbocycles. The molecule has 1 N–H and O–H groups in total. The Morgan fingerprint density at radius 1 is 1.19 bits per heavy atom. The Balaban J connectivity index is 1.68. The molecule has 1 aliphatic heterocycles. The maximum Gasteiger partial charge on any atom is 0.321 e. The normalized spacial score (nSPS) is 13.5. The molecule has 7 nitrogen and oxygen atoms in total. The van der Waals surface area contributed by atoms with Gasteiger partial charge in [-0.15, -0.1) is 0 Å². The van der Waals surface area contributed by atoms with E-state index in [9.17, 15) is 14.9 Å². The monoisotopic (exact) mass is 354 g/mol. The summed E-state index contributed by atoms with van der Waals surface area (Å²) in [5.41, 5.74) is 2.61.